The van der Waals surface area contributed by atoms with Crippen LogP contribution in [0, 0.1) is 17.0 Å². The molecule has 31 heavy (non-hydrogen) atoms. The average Bonchev–Trinajstić information content (AvgIpc) is 2.68. The van der Waals surface area contributed by atoms with E-state index in [9.17, 15) is 23.3 Å². The predicted octanol–water partition coefficient (Wildman–Crippen LogP) is 4.03. The Bertz CT molecular complexity index is 1080. The molecule has 2 aromatic carbocycles. The Balaban J connectivity index is 1.94. The molecule has 1 amide bonds. The van der Waals surface area contributed by atoms with Crippen molar-refractivity contribution in [3.8, 4) is 0 Å². The predicted molar refractivity (Wildman–Crippen MR) is 126 cm³/mol. The summed E-state index contributed by atoms with van der Waals surface area (Å²) in [5, 5.41) is 14.7. The third-order valence-corrected chi connectivity index (χ3v) is 7.08. The topological polar surface area (TPSA) is 110 Å². The van der Waals surface area contributed by atoms with Crippen LogP contribution < -0.4 is 9.62 Å². The minimum Gasteiger partial charge on any atom is -0.354 e. The number of nitro groups is 1. The zero-order valence-electron chi connectivity index (χ0n) is 16.8. The van der Waals surface area contributed by atoms with Gasteiger partial charge in [-0.1, -0.05) is 35.3 Å². The van der Waals surface area contributed by atoms with E-state index in [1.165, 1.54) is 12.1 Å². The minimum absolute atomic E-state index is 0.0980. The molecule has 0 saturated carbocycles. The molecule has 0 heterocycles. The van der Waals surface area contributed by atoms with Crippen LogP contribution in [0.3, 0.4) is 0 Å². The Kier molecular flexibility index (Phi) is 8.99. The number of anilines is 1. The Hall–Kier alpha value is -2.01. The molecule has 2 rings (SSSR count). The molecular weight excluding hydrogens is 485 g/mol. The molecule has 0 fully saturated rings. The van der Waals surface area contributed by atoms with Gasteiger partial charge in [0.1, 0.15) is 6.54 Å². The van der Waals surface area contributed by atoms with E-state index in [2.05, 4.69) is 5.32 Å². The first-order valence-electron chi connectivity index (χ1n) is 9.00. The molecule has 0 radical (unpaired) electrons. The molecule has 0 aliphatic heterocycles. The normalized spacial score (nSPS) is 11.2. The second-order valence-electron chi connectivity index (χ2n) is 6.65. The zero-order chi connectivity index (χ0) is 23.2. The number of nitrogens with zero attached hydrogens (tertiary/aromatic N) is 2. The summed E-state index contributed by atoms with van der Waals surface area (Å²) in [5.74, 6) is 0.766. The molecule has 168 valence electrons. The average molecular weight is 506 g/mol. The van der Waals surface area contributed by atoms with Crippen LogP contribution in [-0.4, -0.2) is 44.3 Å². The van der Waals surface area contributed by atoms with E-state index < -0.39 is 27.4 Å². The van der Waals surface area contributed by atoms with Crippen LogP contribution in [0.15, 0.2) is 36.4 Å². The highest BCUT2D eigenvalue weighted by atomic mass is 35.5. The summed E-state index contributed by atoms with van der Waals surface area (Å²) < 4.78 is 25.3. The number of hydrogen-bond donors (Lipinski definition) is 1. The van der Waals surface area contributed by atoms with Crippen molar-refractivity contribution >= 4 is 62.3 Å². The third kappa shape index (κ3) is 7.57. The number of amides is 1. The SMILES string of the molecule is Cc1ccc([N+](=O)[O-])cc1N(CC(=O)NCCSCc1ccc(Cl)c(Cl)c1)S(C)(=O)=O. The zero-order valence-corrected chi connectivity index (χ0v) is 19.9. The van der Waals surface area contributed by atoms with Gasteiger partial charge in [-0.25, -0.2) is 8.42 Å². The summed E-state index contributed by atoms with van der Waals surface area (Å²) in [7, 11) is -3.84. The van der Waals surface area contributed by atoms with Crippen molar-refractivity contribution in [2.24, 2.45) is 0 Å². The number of aryl methyl sites for hydroxylation is 1. The molecule has 0 aliphatic carbocycles. The maximum Gasteiger partial charge on any atom is 0.271 e. The van der Waals surface area contributed by atoms with Gasteiger partial charge in [0.25, 0.3) is 5.69 Å². The fourth-order valence-electron chi connectivity index (χ4n) is 2.63. The summed E-state index contributed by atoms with van der Waals surface area (Å²) in [6.45, 7) is 1.48. The molecule has 0 atom stereocenters. The molecule has 0 spiro atoms. The lowest BCUT2D eigenvalue weighted by Crippen LogP contribution is -2.41. The number of sulfonamides is 1. The Morgan fingerprint density at radius 1 is 1.19 bits per heavy atom. The second kappa shape index (κ2) is 11.0. The molecular formula is C19H21Cl2N3O5S2. The van der Waals surface area contributed by atoms with Gasteiger partial charge in [-0.15, -0.1) is 0 Å². The van der Waals surface area contributed by atoms with Crippen LogP contribution in [0.5, 0.6) is 0 Å². The van der Waals surface area contributed by atoms with Gasteiger partial charge in [0.15, 0.2) is 0 Å². The second-order valence-corrected chi connectivity index (χ2v) is 10.5. The minimum atomic E-state index is -3.84. The Morgan fingerprint density at radius 2 is 1.90 bits per heavy atom. The van der Waals surface area contributed by atoms with Crippen molar-refractivity contribution in [1.29, 1.82) is 0 Å². The highest BCUT2D eigenvalue weighted by Gasteiger charge is 2.24. The van der Waals surface area contributed by atoms with Gasteiger partial charge in [0.05, 0.1) is 26.9 Å². The van der Waals surface area contributed by atoms with Gasteiger partial charge < -0.3 is 5.32 Å². The van der Waals surface area contributed by atoms with Crippen molar-refractivity contribution in [3.63, 3.8) is 0 Å². The van der Waals surface area contributed by atoms with Crippen LogP contribution in [0.2, 0.25) is 10.0 Å². The molecule has 8 nitrogen and oxygen atoms in total. The van der Waals surface area contributed by atoms with Crippen LogP contribution in [-0.2, 0) is 20.6 Å². The number of nitro benzene ring substituents is 1. The van der Waals surface area contributed by atoms with E-state index in [4.69, 9.17) is 23.2 Å². The lowest BCUT2D eigenvalue weighted by atomic mass is 10.2. The number of non-ortho nitro benzene ring substituents is 1. The van der Waals surface area contributed by atoms with Gasteiger partial charge in [0.2, 0.25) is 15.9 Å². The van der Waals surface area contributed by atoms with E-state index in [0.717, 1.165) is 22.2 Å². The van der Waals surface area contributed by atoms with Crippen molar-refractivity contribution in [1.82, 2.24) is 5.32 Å². The quantitative estimate of drug-likeness (QED) is 0.296. The fourth-order valence-corrected chi connectivity index (χ4v) is 4.66. The lowest BCUT2D eigenvalue weighted by molar-refractivity contribution is -0.384. The number of nitrogens with one attached hydrogen (secondary N) is 1. The number of carbonyl (C=O) groups is 1. The van der Waals surface area contributed by atoms with Gasteiger partial charge in [-0.05, 0) is 30.2 Å². The third-order valence-electron chi connectivity index (χ3n) is 4.18. The van der Waals surface area contributed by atoms with Crippen molar-refractivity contribution in [3.05, 3.63) is 67.7 Å². The van der Waals surface area contributed by atoms with Crippen LogP contribution in [0.25, 0.3) is 0 Å². The van der Waals surface area contributed by atoms with E-state index in [0.29, 0.717) is 33.7 Å². The Labute approximate surface area is 195 Å². The van der Waals surface area contributed by atoms with E-state index >= 15 is 0 Å². The van der Waals surface area contributed by atoms with E-state index in [-0.39, 0.29) is 11.4 Å². The molecule has 0 aliphatic rings. The number of benzene rings is 2. The van der Waals surface area contributed by atoms with Crippen molar-refractivity contribution < 1.29 is 18.1 Å². The molecule has 0 saturated heterocycles. The first-order valence-corrected chi connectivity index (χ1v) is 12.8. The number of thioether (sulfide) groups is 1. The van der Waals surface area contributed by atoms with Crippen molar-refractivity contribution in [2.45, 2.75) is 12.7 Å². The first kappa shape index (κ1) is 25.3. The summed E-state index contributed by atoms with van der Waals surface area (Å²) in [5.41, 5.74) is 1.34. The Morgan fingerprint density at radius 3 is 2.52 bits per heavy atom. The van der Waals surface area contributed by atoms with Gasteiger partial charge >= 0.3 is 0 Å². The van der Waals surface area contributed by atoms with E-state index in [1.807, 2.05) is 6.07 Å². The lowest BCUT2D eigenvalue weighted by Gasteiger charge is -2.23. The summed E-state index contributed by atoms with van der Waals surface area (Å²) in [6.07, 6.45) is 0.950. The van der Waals surface area contributed by atoms with Gasteiger partial charge in [-0.2, -0.15) is 11.8 Å². The fraction of sp³-hybridized carbons (Fsp3) is 0.316. The molecule has 2 aromatic rings. The largest absolute Gasteiger partial charge is 0.354 e. The molecule has 0 bridgehead atoms. The molecule has 1 N–H and O–H groups in total. The monoisotopic (exact) mass is 505 g/mol. The number of halogens is 2. The number of rotatable bonds is 10. The number of carbonyl (C=O) groups excluding carboxylic acids is 1. The summed E-state index contributed by atoms with van der Waals surface area (Å²) in [6, 6.07) is 9.24. The summed E-state index contributed by atoms with van der Waals surface area (Å²) >= 11 is 13.4. The highest BCUT2D eigenvalue weighted by molar-refractivity contribution is 7.98. The summed E-state index contributed by atoms with van der Waals surface area (Å²) in [4.78, 5) is 22.8. The molecule has 0 aromatic heterocycles. The number of hydrogen-bond acceptors (Lipinski definition) is 6. The first-order chi connectivity index (χ1) is 14.5. The van der Waals surface area contributed by atoms with E-state index in [1.54, 1.807) is 30.8 Å². The molecule has 12 heteroatoms. The molecule has 0 unspecified atom stereocenters. The van der Waals surface area contributed by atoms with Crippen LogP contribution in [0.1, 0.15) is 11.1 Å². The van der Waals surface area contributed by atoms with Crippen molar-refractivity contribution in [2.75, 3.05) is 29.4 Å². The van der Waals surface area contributed by atoms with Gasteiger partial charge in [-0.3, -0.25) is 19.2 Å². The van der Waals surface area contributed by atoms with Crippen LogP contribution >= 0.6 is 35.0 Å². The van der Waals surface area contributed by atoms with Crippen LogP contribution in [0.4, 0.5) is 11.4 Å². The van der Waals surface area contributed by atoms with Gasteiger partial charge in [0, 0.05) is 30.2 Å². The standard InChI is InChI=1S/C19H21Cl2N3O5S2/c1-13-3-5-15(24(26)27)10-18(13)23(31(2,28)29)11-19(25)22-7-8-30-12-14-4-6-16(20)17(21)9-14/h3-6,9-10H,7-8,11-12H2,1-2H3,(H,22,25). The highest BCUT2D eigenvalue weighted by Crippen LogP contribution is 2.27. The maximum atomic E-state index is 12.3. The maximum absolute atomic E-state index is 12.3. The smallest absolute Gasteiger partial charge is 0.271 e.